The fourth-order valence-corrected chi connectivity index (χ4v) is 4.07. The molecule has 32 heavy (non-hydrogen) atoms. The molecule has 1 unspecified atom stereocenters. The Morgan fingerprint density at radius 3 is 2.50 bits per heavy atom. The lowest BCUT2D eigenvalue weighted by molar-refractivity contribution is -0.385. The first kappa shape index (κ1) is 23.7. The average Bonchev–Trinajstić information content (AvgIpc) is 2.67. The first-order valence-corrected chi connectivity index (χ1v) is 10.8. The van der Waals surface area contributed by atoms with Gasteiger partial charge >= 0.3 is 11.8 Å². The summed E-state index contributed by atoms with van der Waals surface area (Å²) in [5.74, 6) is -1.50. The van der Waals surface area contributed by atoms with Gasteiger partial charge in [-0.05, 0) is 59.4 Å². The first-order chi connectivity index (χ1) is 14.9. The number of likely N-dealkylation sites (tertiary alicyclic amines) is 1. The van der Waals surface area contributed by atoms with E-state index in [1.807, 2.05) is 0 Å². The van der Waals surface area contributed by atoms with Gasteiger partial charge in [0.2, 0.25) is 5.75 Å². The van der Waals surface area contributed by atoms with Crippen LogP contribution in [0.2, 0.25) is 0 Å². The highest BCUT2D eigenvalue weighted by atomic mass is 19.1. The van der Waals surface area contributed by atoms with E-state index in [0.29, 0.717) is 25.9 Å². The second-order valence-corrected chi connectivity index (χ2v) is 9.60. The summed E-state index contributed by atoms with van der Waals surface area (Å²) < 4.78 is 26.0. The molecule has 0 aliphatic carbocycles. The maximum Gasteiger partial charge on any atom is 0.410 e. The number of benzene rings is 1. The maximum atomic E-state index is 14.6. The standard InChI is InChI=1S/C22H30FN3O6/c1-12(2)24-18-15(23)10-14-16(27)11-17(31-20(14)19(18)26(29)30)13-6-8-25(9-7-13)21(28)32-22(3,4)5/h10,12-13,17,24H,6-9,11H2,1-5H3. The Kier molecular flexibility index (Phi) is 6.61. The van der Waals surface area contributed by atoms with Gasteiger partial charge in [0.25, 0.3) is 0 Å². The summed E-state index contributed by atoms with van der Waals surface area (Å²) in [4.78, 5) is 37.7. The number of fused-ring (bicyclic) bond motifs is 1. The van der Waals surface area contributed by atoms with E-state index >= 15 is 0 Å². The number of amides is 1. The molecule has 1 aromatic rings. The molecule has 176 valence electrons. The minimum absolute atomic E-state index is 0.0116. The van der Waals surface area contributed by atoms with Crippen LogP contribution in [0.15, 0.2) is 6.07 Å². The number of nitrogens with zero attached hydrogens (tertiary/aromatic N) is 2. The number of nitro groups is 1. The lowest BCUT2D eigenvalue weighted by Crippen LogP contribution is -2.45. The molecule has 1 aromatic carbocycles. The van der Waals surface area contributed by atoms with Crippen molar-refractivity contribution in [2.45, 2.75) is 71.6 Å². The molecule has 1 saturated heterocycles. The number of anilines is 1. The number of ketones is 1. The van der Waals surface area contributed by atoms with Crippen LogP contribution >= 0.6 is 0 Å². The summed E-state index contributed by atoms with van der Waals surface area (Å²) in [6.07, 6.45) is 0.179. The van der Waals surface area contributed by atoms with Crippen LogP contribution in [-0.4, -0.2) is 52.5 Å². The Balaban J connectivity index is 1.80. The smallest absolute Gasteiger partial charge is 0.410 e. The molecule has 2 aliphatic rings. The van der Waals surface area contributed by atoms with Crippen molar-refractivity contribution in [2.75, 3.05) is 18.4 Å². The zero-order valence-corrected chi connectivity index (χ0v) is 19.1. The van der Waals surface area contributed by atoms with E-state index in [4.69, 9.17) is 9.47 Å². The van der Waals surface area contributed by atoms with Crippen LogP contribution in [-0.2, 0) is 4.74 Å². The van der Waals surface area contributed by atoms with Gasteiger partial charge in [-0.1, -0.05) is 0 Å². The molecule has 1 N–H and O–H groups in total. The summed E-state index contributed by atoms with van der Waals surface area (Å²) in [5, 5.41) is 14.6. The molecule has 1 fully saturated rings. The van der Waals surface area contributed by atoms with E-state index in [0.717, 1.165) is 6.07 Å². The zero-order chi connectivity index (χ0) is 23.8. The molecular weight excluding hydrogens is 421 g/mol. The number of hydrogen-bond donors (Lipinski definition) is 1. The molecule has 2 aliphatic heterocycles. The Labute approximate surface area is 186 Å². The number of halogens is 1. The van der Waals surface area contributed by atoms with Crippen molar-refractivity contribution < 1.29 is 28.4 Å². The number of piperidine rings is 1. The molecule has 2 heterocycles. The minimum Gasteiger partial charge on any atom is -0.482 e. The molecule has 0 radical (unpaired) electrons. The van der Waals surface area contributed by atoms with E-state index < -0.39 is 34.2 Å². The van der Waals surface area contributed by atoms with Gasteiger partial charge in [0.05, 0.1) is 10.5 Å². The van der Waals surface area contributed by atoms with Crippen molar-refractivity contribution >= 4 is 23.3 Å². The SMILES string of the molecule is CC(C)Nc1c(F)cc2c(c1[N+](=O)[O-])OC(C1CCN(C(=O)OC(C)(C)C)CC1)CC2=O. The highest BCUT2D eigenvalue weighted by Gasteiger charge is 2.41. The molecule has 0 bridgehead atoms. The van der Waals surface area contributed by atoms with E-state index in [1.54, 1.807) is 39.5 Å². The summed E-state index contributed by atoms with van der Waals surface area (Å²) in [5.41, 5.74) is -1.53. The van der Waals surface area contributed by atoms with Crippen LogP contribution in [0.1, 0.15) is 64.2 Å². The summed E-state index contributed by atoms with van der Waals surface area (Å²) in [6, 6.07) is 0.755. The number of nitro benzene ring substituents is 1. The van der Waals surface area contributed by atoms with Gasteiger partial charge in [-0.3, -0.25) is 14.9 Å². The quantitative estimate of drug-likeness (QED) is 0.529. The Hall–Kier alpha value is -2.91. The monoisotopic (exact) mass is 451 g/mol. The van der Waals surface area contributed by atoms with E-state index in [1.165, 1.54) is 0 Å². The van der Waals surface area contributed by atoms with E-state index in [2.05, 4.69) is 5.32 Å². The third-order valence-corrected chi connectivity index (χ3v) is 5.50. The highest BCUT2D eigenvalue weighted by Crippen LogP contribution is 2.45. The maximum absolute atomic E-state index is 14.6. The van der Waals surface area contributed by atoms with Gasteiger partial charge in [-0.2, -0.15) is 0 Å². The Morgan fingerprint density at radius 1 is 1.34 bits per heavy atom. The first-order valence-electron chi connectivity index (χ1n) is 10.8. The Bertz CT molecular complexity index is 919. The largest absolute Gasteiger partial charge is 0.482 e. The molecule has 0 saturated carbocycles. The number of carbonyl (C=O) groups is 2. The summed E-state index contributed by atoms with van der Waals surface area (Å²) in [7, 11) is 0. The fraction of sp³-hybridized carbons (Fsp3) is 0.636. The molecule has 0 aromatic heterocycles. The lowest BCUT2D eigenvalue weighted by atomic mass is 9.85. The molecule has 0 spiro atoms. The van der Waals surface area contributed by atoms with Gasteiger partial charge in [-0.15, -0.1) is 0 Å². The average molecular weight is 451 g/mol. The Morgan fingerprint density at radius 2 is 1.97 bits per heavy atom. The third kappa shape index (κ3) is 5.11. The molecule has 1 amide bonds. The number of nitrogens with one attached hydrogen (secondary N) is 1. The number of rotatable bonds is 4. The fourth-order valence-electron chi connectivity index (χ4n) is 4.07. The summed E-state index contributed by atoms with van der Waals surface area (Å²) >= 11 is 0. The van der Waals surface area contributed by atoms with Crippen molar-refractivity contribution in [3.63, 3.8) is 0 Å². The molecule has 1 atom stereocenters. The summed E-state index contributed by atoms with van der Waals surface area (Å²) in [6.45, 7) is 9.74. The van der Waals surface area contributed by atoms with E-state index in [-0.39, 0.29) is 41.2 Å². The lowest BCUT2D eigenvalue weighted by Gasteiger charge is -2.38. The van der Waals surface area contributed by atoms with Crippen LogP contribution in [0.25, 0.3) is 0 Å². The van der Waals surface area contributed by atoms with Crippen LogP contribution in [0, 0.1) is 21.8 Å². The van der Waals surface area contributed by atoms with Crippen molar-refractivity contribution in [1.82, 2.24) is 4.90 Å². The third-order valence-electron chi connectivity index (χ3n) is 5.50. The van der Waals surface area contributed by atoms with E-state index in [9.17, 15) is 24.1 Å². The van der Waals surface area contributed by atoms with Gasteiger partial charge in [0.15, 0.2) is 17.3 Å². The molecule has 3 rings (SSSR count). The normalized spacial score (nSPS) is 19.4. The number of Topliss-reactive ketones (excluding diaryl/α,β-unsaturated/α-hetero) is 1. The van der Waals surface area contributed by atoms with Crippen LogP contribution in [0.4, 0.5) is 20.6 Å². The predicted octanol–water partition coefficient (Wildman–Crippen LogP) is 4.54. The minimum atomic E-state index is -0.856. The zero-order valence-electron chi connectivity index (χ0n) is 19.1. The van der Waals surface area contributed by atoms with Crippen molar-refractivity contribution in [1.29, 1.82) is 0 Å². The number of hydrogen-bond acceptors (Lipinski definition) is 7. The second kappa shape index (κ2) is 8.91. The highest BCUT2D eigenvalue weighted by molar-refractivity contribution is 6.02. The molecular formula is C22H30FN3O6. The van der Waals surface area contributed by atoms with Gasteiger partial charge in [0, 0.05) is 25.6 Å². The molecule has 10 heteroatoms. The predicted molar refractivity (Wildman–Crippen MR) is 116 cm³/mol. The number of carbonyl (C=O) groups excluding carboxylic acids is 2. The van der Waals surface area contributed by atoms with Crippen molar-refractivity contribution in [2.24, 2.45) is 5.92 Å². The molecule has 9 nitrogen and oxygen atoms in total. The van der Waals surface area contributed by atoms with Gasteiger partial charge in [0.1, 0.15) is 11.7 Å². The van der Waals surface area contributed by atoms with Crippen LogP contribution < -0.4 is 10.1 Å². The second-order valence-electron chi connectivity index (χ2n) is 9.60. The van der Waals surface area contributed by atoms with Crippen LogP contribution in [0.5, 0.6) is 5.75 Å². The van der Waals surface area contributed by atoms with Crippen LogP contribution in [0.3, 0.4) is 0 Å². The topological polar surface area (TPSA) is 111 Å². The van der Waals surface area contributed by atoms with Crippen molar-refractivity contribution in [3.05, 3.63) is 27.6 Å². The van der Waals surface area contributed by atoms with Crippen molar-refractivity contribution in [3.8, 4) is 5.75 Å². The van der Waals surface area contributed by atoms with Gasteiger partial charge in [-0.25, -0.2) is 9.18 Å². The van der Waals surface area contributed by atoms with Gasteiger partial charge < -0.3 is 19.7 Å². The number of ether oxygens (including phenoxy) is 2.